The number of anilines is 1. The van der Waals surface area contributed by atoms with Gasteiger partial charge in [0.1, 0.15) is 12.3 Å². The van der Waals surface area contributed by atoms with Gasteiger partial charge in [-0.05, 0) is 49.6 Å². The third kappa shape index (κ3) is 6.20. The average Bonchev–Trinajstić information content (AvgIpc) is 3.80. The Morgan fingerprint density at radius 1 is 1.36 bits per heavy atom. The predicted octanol–water partition coefficient (Wildman–Crippen LogP) is 4.09. The van der Waals surface area contributed by atoms with Gasteiger partial charge in [0.2, 0.25) is 5.95 Å². The number of rotatable bonds is 11. The molecule has 13 heteroatoms. The van der Waals surface area contributed by atoms with Crippen molar-refractivity contribution in [2.75, 3.05) is 25.6 Å². The molecule has 0 unspecified atom stereocenters. The fraction of sp³-hybridized carbons (Fsp3) is 0.345. The van der Waals surface area contributed by atoms with E-state index < -0.39 is 5.91 Å². The number of oxazole rings is 1. The molecule has 2 atom stereocenters. The molecule has 0 aliphatic carbocycles. The van der Waals surface area contributed by atoms with E-state index in [1.807, 2.05) is 29.7 Å². The number of hydrogen-bond donors (Lipinski definition) is 3. The molecule has 218 valence electrons. The zero-order chi connectivity index (χ0) is 29.6. The Morgan fingerprint density at radius 2 is 2.21 bits per heavy atom. The minimum atomic E-state index is -0.519. The van der Waals surface area contributed by atoms with Gasteiger partial charge >= 0.3 is 0 Å². The molecular weight excluding hydrogens is 558 g/mol. The Balaban J connectivity index is 1.44. The Morgan fingerprint density at radius 3 is 2.95 bits per heavy atom. The number of nitrogens with one attached hydrogen (secondary N) is 2. The summed E-state index contributed by atoms with van der Waals surface area (Å²) in [6.07, 6.45) is 4.94. The lowest BCUT2D eigenvalue weighted by atomic mass is 10.1. The second kappa shape index (κ2) is 13.0. The van der Waals surface area contributed by atoms with Crippen molar-refractivity contribution in [2.45, 2.75) is 44.9 Å². The van der Waals surface area contributed by atoms with E-state index in [-0.39, 0.29) is 23.6 Å². The maximum absolute atomic E-state index is 13.4. The van der Waals surface area contributed by atoms with Gasteiger partial charge in [0.25, 0.3) is 11.8 Å². The van der Waals surface area contributed by atoms with Crippen LogP contribution in [0.25, 0.3) is 21.7 Å². The van der Waals surface area contributed by atoms with Crippen molar-refractivity contribution in [2.24, 2.45) is 0 Å². The van der Waals surface area contributed by atoms with E-state index >= 15 is 0 Å². The average molecular weight is 590 g/mol. The fourth-order valence-corrected chi connectivity index (χ4v) is 5.90. The van der Waals surface area contributed by atoms with E-state index in [1.54, 1.807) is 36.4 Å². The van der Waals surface area contributed by atoms with E-state index in [0.717, 1.165) is 22.4 Å². The maximum atomic E-state index is 13.4. The van der Waals surface area contributed by atoms with Crippen LogP contribution in [0, 0.1) is 11.3 Å². The number of fused-ring (bicyclic) bond motifs is 1. The summed E-state index contributed by atoms with van der Waals surface area (Å²) >= 11 is 1.28. The van der Waals surface area contributed by atoms with Crippen molar-refractivity contribution < 1.29 is 23.8 Å². The summed E-state index contributed by atoms with van der Waals surface area (Å²) in [6.45, 7) is 4.05. The van der Waals surface area contributed by atoms with Crippen molar-refractivity contribution in [3.05, 3.63) is 65.2 Å². The van der Waals surface area contributed by atoms with Gasteiger partial charge in [0.05, 0.1) is 39.6 Å². The first-order chi connectivity index (χ1) is 20.4. The topological polar surface area (TPSA) is 159 Å². The number of carbonyl (C=O) groups excluding carboxylic acids is 2. The van der Waals surface area contributed by atoms with Gasteiger partial charge in [-0.2, -0.15) is 5.26 Å². The molecule has 1 saturated heterocycles. The fourth-order valence-electron chi connectivity index (χ4n) is 5.05. The summed E-state index contributed by atoms with van der Waals surface area (Å²) in [6, 6.07) is 11.1. The Kier molecular flexibility index (Phi) is 8.97. The number of thiophene rings is 1. The minimum absolute atomic E-state index is 0.169. The number of likely N-dealkylation sites (tertiary alicyclic amines) is 1. The highest BCUT2D eigenvalue weighted by Gasteiger charge is 2.32. The van der Waals surface area contributed by atoms with Crippen LogP contribution in [0.3, 0.4) is 0 Å². The van der Waals surface area contributed by atoms with Gasteiger partial charge < -0.3 is 29.0 Å². The molecule has 1 aliphatic heterocycles. The smallest absolute Gasteiger partial charge is 0.268 e. The van der Waals surface area contributed by atoms with Gasteiger partial charge in [0.15, 0.2) is 17.7 Å². The molecule has 0 saturated carbocycles. The van der Waals surface area contributed by atoms with E-state index in [2.05, 4.69) is 15.6 Å². The highest BCUT2D eigenvalue weighted by molar-refractivity contribution is 7.17. The van der Waals surface area contributed by atoms with Crippen LogP contribution in [0.2, 0.25) is 0 Å². The van der Waals surface area contributed by atoms with Crippen molar-refractivity contribution in [1.29, 1.82) is 5.26 Å². The van der Waals surface area contributed by atoms with Crippen LogP contribution in [0.1, 0.15) is 35.0 Å². The number of amides is 2. The van der Waals surface area contributed by atoms with Gasteiger partial charge in [-0.3, -0.25) is 14.9 Å². The van der Waals surface area contributed by atoms with Crippen LogP contribution in [0.15, 0.2) is 59.2 Å². The standard InChI is InChI=1S/C29H31N7O5S/c1-18(16-40-2)32-12-19-5-6-23-22(10-19)33-29(34-27(38)26-8-7-25(42-26)24-13-31-17-41-24)36(23)14-21-4-3-9-35(21)28(39)20(11-30)15-37/h5-8,10,13,15,17-18,21,32,37H,3-4,9,12,14,16H2,1-2H3,(H,33,34,38)/b20-15+/t18-,21-/m1/s1. The number of aliphatic hydroxyl groups excluding tert-OH is 1. The molecule has 5 rings (SSSR count). The zero-order valence-electron chi connectivity index (χ0n) is 23.2. The number of aromatic nitrogens is 3. The number of imidazole rings is 1. The number of benzene rings is 1. The van der Waals surface area contributed by atoms with Crippen molar-refractivity contribution in [3.8, 4) is 16.7 Å². The lowest BCUT2D eigenvalue weighted by molar-refractivity contribution is -0.127. The molecule has 3 aromatic heterocycles. The molecular formula is C29H31N7O5S. The molecule has 1 fully saturated rings. The normalized spacial score (nSPS) is 16.1. The molecule has 4 aromatic rings. The van der Waals surface area contributed by atoms with E-state index in [4.69, 9.17) is 14.1 Å². The number of nitriles is 1. The molecule has 42 heavy (non-hydrogen) atoms. The SMILES string of the molecule is COC[C@@H](C)NCc1ccc2c(c1)nc(NC(=O)c1ccc(-c3cnco3)s1)n2C[C@H]1CCCN1C(=O)/C(C#N)=C/O. The summed E-state index contributed by atoms with van der Waals surface area (Å²) in [7, 11) is 1.66. The first kappa shape index (κ1) is 29.0. The van der Waals surface area contributed by atoms with Crippen molar-refractivity contribution in [1.82, 2.24) is 24.8 Å². The molecule has 12 nitrogen and oxygen atoms in total. The summed E-state index contributed by atoms with van der Waals surface area (Å²) in [5.74, 6) is 0.0772. The first-order valence-corrected chi connectivity index (χ1v) is 14.3. The van der Waals surface area contributed by atoms with Crippen LogP contribution in [0.4, 0.5) is 5.95 Å². The molecule has 2 amide bonds. The quantitative estimate of drug-likeness (QED) is 0.133. The van der Waals surface area contributed by atoms with Crippen LogP contribution in [-0.4, -0.2) is 68.7 Å². The lowest BCUT2D eigenvalue weighted by Crippen LogP contribution is -2.39. The molecule has 4 heterocycles. The second-order valence-corrected chi connectivity index (χ2v) is 11.1. The number of methoxy groups -OCH3 is 1. The Hall–Kier alpha value is -4.51. The van der Waals surface area contributed by atoms with Gasteiger partial charge in [-0.25, -0.2) is 9.97 Å². The molecule has 0 bridgehead atoms. The molecule has 0 spiro atoms. The number of ether oxygens (including phenoxy) is 1. The summed E-state index contributed by atoms with van der Waals surface area (Å²) in [5.41, 5.74) is 2.20. The summed E-state index contributed by atoms with van der Waals surface area (Å²) in [5, 5.41) is 25.0. The summed E-state index contributed by atoms with van der Waals surface area (Å²) < 4.78 is 12.5. The number of nitrogens with zero attached hydrogens (tertiary/aromatic N) is 5. The van der Waals surface area contributed by atoms with Gasteiger partial charge in [-0.15, -0.1) is 11.3 Å². The maximum Gasteiger partial charge on any atom is 0.268 e. The summed E-state index contributed by atoms with van der Waals surface area (Å²) in [4.78, 5) is 37.8. The van der Waals surface area contributed by atoms with Crippen molar-refractivity contribution in [3.63, 3.8) is 0 Å². The molecule has 1 aliphatic rings. The zero-order valence-corrected chi connectivity index (χ0v) is 24.1. The Labute approximate surface area is 246 Å². The highest BCUT2D eigenvalue weighted by atomic mass is 32.1. The number of hydrogen-bond acceptors (Lipinski definition) is 10. The van der Waals surface area contributed by atoms with Crippen LogP contribution in [0.5, 0.6) is 0 Å². The van der Waals surface area contributed by atoms with E-state index in [0.29, 0.717) is 61.0 Å². The van der Waals surface area contributed by atoms with Crippen molar-refractivity contribution >= 4 is 40.1 Å². The predicted molar refractivity (Wildman–Crippen MR) is 157 cm³/mol. The monoisotopic (exact) mass is 589 g/mol. The van der Waals surface area contributed by atoms with E-state index in [1.165, 1.54) is 17.7 Å². The first-order valence-electron chi connectivity index (χ1n) is 13.5. The second-order valence-electron chi connectivity index (χ2n) is 10.0. The lowest BCUT2D eigenvalue weighted by Gasteiger charge is -2.25. The largest absolute Gasteiger partial charge is 0.514 e. The van der Waals surface area contributed by atoms with Crippen LogP contribution >= 0.6 is 11.3 Å². The van der Waals surface area contributed by atoms with Crippen LogP contribution in [-0.2, 0) is 22.6 Å². The third-order valence-electron chi connectivity index (χ3n) is 7.13. The molecule has 0 radical (unpaired) electrons. The van der Waals surface area contributed by atoms with E-state index in [9.17, 15) is 20.0 Å². The van der Waals surface area contributed by atoms with Gasteiger partial charge in [0, 0.05) is 32.8 Å². The highest BCUT2D eigenvalue weighted by Crippen LogP contribution is 2.30. The number of aliphatic hydroxyl groups is 1. The minimum Gasteiger partial charge on any atom is -0.514 e. The third-order valence-corrected chi connectivity index (χ3v) is 8.22. The molecule has 3 N–H and O–H groups in total. The number of carbonyl (C=O) groups is 2. The van der Waals surface area contributed by atoms with Gasteiger partial charge in [-0.1, -0.05) is 6.07 Å². The Bertz CT molecular complexity index is 1640. The molecule has 1 aromatic carbocycles. The van der Waals surface area contributed by atoms with Crippen LogP contribution < -0.4 is 10.6 Å².